The minimum absolute atomic E-state index is 0.708. The summed E-state index contributed by atoms with van der Waals surface area (Å²) >= 11 is 5.88. The SMILES string of the molecule is [C-]#[N+]c1cc2ccc(Cl)cc2cc1C. The van der Waals surface area contributed by atoms with Gasteiger partial charge in [0.25, 0.3) is 0 Å². The van der Waals surface area contributed by atoms with Crippen molar-refractivity contribution in [2.24, 2.45) is 0 Å². The van der Waals surface area contributed by atoms with Gasteiger partial charge in [0.2, 0.25) is 0 Å². The minimum atomic E-state index is 0.708. The summed E-state index contributed by atoms with van der Waals surface area (Å²) in [6.07, 6.45) is 0. The first kappa shape index (κ1) is 9.05. The summed E-state index contributed by atoms with van der Waals surface area (Å²) in [7, 11) is 0. The van der Waals surface area contributed by atoms with Gasteiger partial charge in [0.15, 0.2) is 5.69 Å². The molecule has 0 heterocycles. The third kappa shape index (κ3) is 1.45. The molecule has 0 amide bonds. The van der Waals surface area contributed by atoms with Crippen LogP contribution < -0.4 is 0 Å². The van der Waals surface area contributed by atoms with Crippen molar-refractivity contribution < 1.29 is 0 Å². The molecule has 2 rings (SSSR count). The lowest BCUT2D eigenvalue weighted by atomic mass is 10.1. The van der Waals surface area contributed by atoms with Gasteiger partial charge in [-0.2, -0.15) is 0 Å². The standard InChI is InChI=1S/C12H8ClN/c1-8-5-10-6-11(13)4-3-9(10)7-12(8)14-2/h3-7H,1H3. The van der Waals surface area contributed by atoms with Gasteiger partial charge in [-0.15, -0.1) is 0 Å². The van der Waals surface area contributed by atoms with Crippen LogP contribution >= 0.6 is 11.6 Å². The monoisotopic (exact) mass is 201 g/mol. The lowest BCUT2D eigenvalue weighted by Crippen LogP contribution is -1.76. The molecule has 0 saturated carbocycles. The van der Waals surface area contributed by atoms with Gasteiger partial charge < -0.3 is 0 Å². The summed E-state index contributed by atoms with van der Waals surface area (Å²) < 4.78 is 0. The molecule has 2 heteroatoms. The molecule has 0 aromatic heterocycles. The lowest BCUT2D eigenvalue weighted by molar-refractivity contribution is 1.52. The molecule has 2 aromatic carbocycles. The average molecular weight is 202 g/mol. The summed E-state index contributed by atoms with van der Waals surface area (Å²) in [5.74, 6) is 0. The first-order valence-electron chi connectivity index (χ1n) is 4.28. The maximum atomic E-state index is 7.00. The Morgan fingerprint density at radius 1 is 1.14 bits per heavy atom. The molecule has 0 N–H and O–H groups in total. The van der Waals surface area contributed by atoms with Crippen LogP contribution in [0, 0.1) is 13.5 Å². The molecule has 0 unspecified atom stereocenters. The molecule has 0 spiro atoms. The van der Waals surface area contributed by atoms with E-state index in [0.29, 0.717) is 5.69 Å². The van der Waals surface area contributed by atoms with Crippen molar-refractivity contribution in [2.45, 2.75) is 6.92 Å². The Bertz CT molecular complexity index is 538. The van der Waals surface area contributed by atoms with Crippen molar-refractivity contribution in [2.75, 3.05) is 0 Å². The first-order valence-corrected chi connectivity index (χ1v) is 4.66. The molecule has 0 radical (unpaired) electrons. The fourth-order valence-corrected chi connectivity index (χ4v) is 1.67. The summed E-state index contributed by atoms with van der Waals surface area (Å²) in [5.41, 5.74) is 1.70. The number of hydrogen-bond acceptors (Lipinski definition) is 0. The van der Waals surface area contributed by atoms with Crippen LogP contribution in [0.5, 0.6) is 0 Å². The van der Waals surface area contributed by atoms with E-state index in [4.69, 9.17) is 18.2 Å². The van der Waals surface area contributed by atoms with E-state index >= 15 is 0 Å². The topological polar surface area (TPSA) is 4.36 Å². The molecule has 2 aromatic rings. The van der Waals surface area contributed by atoms with E-state index in [1.54, 1.807) is 0 Å². The maximum absolute atomic E-state index is 7.00. The molecule has 0 atom stereocenters. The molecule has 0 fully saturated rings. The summed E-state index contributed by atoms with van der Waals surface area (Å²) in [4.78, 5) is 3.46. The van der Waals surface area contributed by atoms with Crippen molar-refractivity contribution in [3.8, 4) is 0 Å². The molecular formula is C12H8ClN. The van der Waals surface area contributed by atoms with Crippen LogP contribution in [-0.4, -0.2) is 0 Å². The smallest absolute Gasteiger partial charge is 0.190 e. The molecule has 14 heavy (non-hydrogen) atoms. The van der Waals surface area contributed by atoms with Crippen LogP contribution in [0.15, 0.2) is 30.3 Å². The third-order valence-corrected chi connectivity index (χ3v) is 2.47. The van der Waals surface area contributed by atoms with E-state index < -0.39 is 0 Å². The highest BCUT2D eigenvalue weighted by atomic mass is 35.5. The van der Waals surface area contributed by atoms with E-state index in [0.717, 1.165) is 21.4 Å². The zero-order chi connectivity index (χ0) is 10.1. The van der Waals surface area contributed by atoms with Gasteiger partial charge in [0.1, 0.15) is 0 Å². The van der Waals surface area contributed by atoms with Crippen LogP contribution in [0.4, 0.5) is 5.69 Å². The molecule has 0 aliphatic heterocycles. The number of nitrogens with zero attached hydrogens (tertiary/aromatic N) is 1. The average Bonchev–Trinajstić information content (AvgIpc) is 2.16. The van der Waals surface area contributed by atoms with E-state index in [1.807, 2.05) is 37.3 Å². The number of hydrogen-bond donors (Lipinski definition) is 0. The highest BCUT2D eigenvalue weighted by Gasteiger charge is 2.00. The van der Waals surface area contributed by atoms with E-state index in [2.05, 4.69) is 4.85 Å². The molecular weight excluding hydrogens is 194 g/mol. The number of aryl methyl sites for hydroxylation is 1. The first-order chi connectivity index (χ1) is 6.70. The predicted molar refractivity (Wildman–Crippen MR) is 60.0 cm³/mol. The van der Waals surface area contributed by atoms with Gasteiger partial charge in [0.05, 0.1) is 6.57 Å². The normalized spacial score (nSPS) is 10.1. The Balaban J connectivity index is 2.81. The van der Waals surface area contributed by atoms with Gasteiger partial charge in [0, 0.05) is 5.02 Å². The highest BCUT2D eigenvalue weighted by Crippen LogP contribution is 2.27. The summed E-state index contributed by atoms with van der Waals surface area (Å²) in [5, 5.41) is 2.88. The second kappa shape index (κ2) is 3.32. The third-order valence-electron chi connectivity index (χ3n) is 2.24. The van der Waals surface area contributed by atoms with E-state index in [-0.39, 0.29) is 0 Å². The summed E-state index contributed by atoms with van der Waals surface area (Å²) in [6, 6.07) is 9.58. The lowest BCUT2D eigenvalue weighted by Gasteiger charge is -2.02. The van der Waals surface area contributed by atoms with Crippen LogP contribution in [-0.2, 0) is 0 Å². The van der Waals surface area contributed by atoms with Gasteiger partial charge in [-0.25, -0.2) is 4.85 Å². The van der Waals surface area contributed by atoms with Crippen LogP contribution in [0.3, 0.4) is 0 Å². The highest BCUT2D eigenvalue weighted by molar-refractivity contribution is 6.31. The molecule has 0 aliphatic carbocycles. The predicted octanol–water partition coefficient (Wildman–Crippen LogP) is 4.35. The number of benzene rings is 2. The molecule has 0 aliphatic rings. The Kier molecular flexibility index (Phi) is 2.15. The fraction of sp³-hybridized carbons (Fsp3) is 0.0833. The van der Waals surface area contributed by atoms with Crippen LogP contribution in [0.1, 0.15) is 5.56 Å². The van der Waals surface area contributed by atoms with Crippen molar-refractivity contribution in [3.63, 3.8) is 0 Å². The fourth-order valence-electron chi connectivity index (χ4n) is 1.49. The van der Waals surface area contributed by atoms with Crippen molar-refractivity contribution >= 4 is 28.1 Å². The van der Waals surface area contributed by atoms with Crippen LogP contribution in [0.25, 0.3) is 15.6 Å². The zero-order valence-electron chi connectivity index (χ0n) is 7.71. The van der Waals surface area contributed by atoms with Crippen molar-refractivity contribution in [3.05, 3.63) is 52.3 Å². The Hall–Kier alpha value is -1.52. The number of fused-ring (bicyclic) bond motifs is 1. The second-order valence-electron chi connectivity index (χ2n) is 3.24. The molecule has 1 nitrogen and oxygen atoms in total. The van der Waals surface area contributed by atoms with Crippen molar-refractivity contribution in [1.29, 1.82) is 0 Å². The van der Waals surface area contributed by atoms with Gasteiger partial charge in [-0.3, -0.25) is 0 Å². The number of halogens is 1. The quantitative estimate of drug-likeness (QED) is 0.558. The maximum Gasteiger partial charge on any atom is 0.190 e. The van der Waals surface area contributed by atoms with Gasteiger partial charge in [-0.05, 0) is 41.5 Å². The molecule has 68 valence electrons. The second-order valence-corrected chi connectivity index (χ2v) is 3.68. The molecule has 0 bridgehead atoms. The molecule has 0 saturated heterocycles. The van der Waals surface area contributed by atoms with E-state index in [1.165, 1.54) is 0 Å². The van der Waals surface area contributed by atoms with E-state index in [9.17, 15) is 0 Å². The Morgan fingerprint density at radius 3 is 2.64 bits per heavy atom. The number of rotatable bonds is 0. The minimum Gasteiger partial charge on any atom is -0.238 e. The Morgan fingerprint density at radius 2 is 1.93 bits per heavy atom. The van der Waals surface area contributed by atoms with Crippen molar-refractivity contribution in [1.82, 2.24) is 0 Å². The zero-order valence-corrected chi connectivity index (χ0v) is 8.47. The largest absolute Gasteiger partial charge is 0.238 e. The van der Waals surface area contributed by atoms with Gasteiger partial charge in [-0.1, -0.05) is 23.7 Å². The summed E-state index contributed by atoms with van der Waals surface area (Å²) in [6.45, 7) is 8.94. The Labute approximate surface area is 87.7 Å². The van der Waals surface area contributed by atoms with Gasteiger partial charge >= 0.3 is 0 Å². The van der Waals surface area contributed by atoms with Crippen LogP contribution in [0.2, 0.25) is 5.02 Å².